The molecule has 1 aliphatic rings. The largest absolute Gasteiger partial charge is 0.496 e. The van der Waals surface area contributed by atoms with Crippen molar-refractivity contribution in [1.82, 2.24) is 0 Å². The Labute approximate surface area is 129 Å². The minimum absolute atomic E-state index is 0.108. The van der Waals surface area contributed by atoms with E-state index >= 15 is 0 Å². The highest BCUT2D eigenvalue weighted by atomic mass is 35.5. The van der Waals surface area contributed by atoms with Gasteiger partial charge in [-0.05, 0) is 42.2 Å². The third-order valence-corrected chi connectivity index (χ3v) is 5.18. The second kappa shape index (κ2) is 6.72. The molecule has 0 aliphatic heterocycles. The number of ether oxygens (including phenoxy) is 2. The van der Waals surface area contributed by atoms with Crippen LogP contribution >= 0.6 is 23.4 Å². The molecule has 0 amide bonds. The van der Waals surface area contributed by atoms with Crippen molar-refractivity contribution in [3.63, 3.8) is 0 Å². The molecule has 1 aromatic carbocycles. The molecule has 1 fully saturated rings. The van der Waals surface area contributed by atoms with Gasteiger partial charge in [0.15, 0.2) is 0 Å². The van der Waals surface area contributed by atoms with Crippen LogP contribution in [0.3, 0.4) is 0 Å². The summed E-state index contributed by atoms with van der Waals surface area (Å²) in [7, 11) is 3.11. The van der Waals surface area contributed by atoms with Crippen molar-refractivity contribution in [2.45, 2.75) is 25.0 Å². The van der Waals surface area contributed by atoms with Crippen molar-refractivity contribution in [1.29, 1.82) is 0 Å². The van der Waals surface area contributed by atoms with Crippen LogP contribution in [0.15, 0.2) is 18.2 Å². The summed E-state index contributed by atoms with van der Waals surface area (Å²) in [6.07, 6.45) is 2.76. The van der Waals surface area contributed by atoms with Crippen molar-refractivity contribution in [3.8, 4) is 5.75 Å². The Morgan fingerprint density at radius 1 is 1.40 bits per heavy atom. The lowest BCUT2D eigenvalue weighted by atomic mass is 10.1. The second-order valence-electron chi connectivity index (χ2n) is 5.20. The maximum atomic E-state index is 11.4. The molecule has 1 saturated carbocycles. The number of hydrogen-bond acceptors (Lipinski definition) is 4. The summed E-state index contributed by atoms with van der Waals surface area (Å²) in [4.78, 5) is 11.4. The van der Waals surface area contributed by atoms with Crippen LogP contribution < -0.4 is 4.74 Å². The number of thioether (sulfide) groups is 1. The fourth-order valence-corrected chi connectivity index (χ4v) is 3.73. The lowest BCUT2D eigenvalue weighted by molar-refractivity contribution is -0.141. The zero-order valence-corrected chi connectivity index (χ0v) is 13.4. The Morgan fingerprint density at radius 3 is 2.75 bits per heavy atom. The molecule has 5 heteroatoms. The van der Waals surface area contributed by atoms with Gasteiger partial charge in [-0.15, -0.1) is 0 Å². The minimum atomic E-state index is -0.108. The monoisotopic (exact) mass is 314 g/mol. The third-order valence-electron chi connectivity index (χ3n) is 3.61. The fourth-order valence-electron chi connectivity index (χ4n) is 2.16. The van der Waals surface area contributed by atoms with Crippen molar-refractivity contribution in [2.75, 3.05) is 20.0 Å². The summed E-state index contributed by atoms with van der Waals surface area (Å²) in [6, 6.07) is 5.65. The van der Waals surface area contributed by atoms with Gasteiger partial charge >= 0.3 is 5.97 Å². The predicted octanol–water partition coefficient (Wildman–Crippen LogP) is 3.93. The van der Waals surface area contributed by atoms with Crippen LogP contribution in [0.2, 0.25) is 5.02 Å². The molecule has 20 heavy (non-hydrogen) atoms. The molecule has 110 valence electrons. The summed E-state index contributed by atoms with van der Waals surface area (Å²) >= 11 is 7.84. The molecule has 1 aliphatic carbocycles. The fraction of sp³-hybridized carbons (Fsp3) is 0.533. The summed E-state index contributed by atoms with van der Waals surface area (Å²) in [6.45, 7) is 0. The van der Waals surface area contributed by atoms with E-state index in [0.29, 0.717) is 6.42 Å². The number of rotatable bonds is 7. The molecule has 2 rings (SSSR count). The second-order valence-corrected chi connectivity index (χ2v) is 6.62. The van der Waals surface area contributed by atoms with Gasteiger partial charge in [-0.2, -0.15) is 11.8 Å². The number of carbonyl (C=O) groups is 1. The van der Waals surface area contributed by atoms with E-state index in [4.69, 9.17) is 21.1 Å². The number of hydrogen-bond donors (Lipinski definition) is 0. The van der Waals surface area contributed by atoms with Crippen LogP contribution in [0.1, 0.15) is 24.8 Å². The van der Waals surface area contributed by atoms with Crippen LogP contribution in [-0.2, 0) is 15.3 Å². The van der Waals surface area contributed by atoms with Crippen LogP contribution in [0.25, 0.3) is 0 Å². The zero-order valence-electron chi connectivity index (χ0n) is 11.8. The van der Waals surface area contributed by atoms with E-state index in [1.165, 1.54) is 7.11 Å². The first-order valence-corrected chi connectivity index (χ1v) is 8.09. The van der Waals surface area contributed by atoms with Crippen molar-refractivity contribution in [2.24, 2.45) is 5.41 Å². The highest BCUT2D eigenvalue weighted by Gasteiger charge is 2.44. The van der Waals surface area contributed by atoms with Gasteiger partial charge in [0, 0.05) is 16.3 Å². The molecule has 0 radical (unpaired) electrons. The summed E-state index contributed by atoms with van der Waals surface area (Å²) in [5.41, 5.74) is 1.25. The van der Waals surface area contributed by atoms with Gasteiger partial charge in [0.2, 0.25) is 0 Å². The Morgan fingerprint density at radius 2 is 2.15 bits per heavy atom. The Kier molecular flexibility index (Phi) is 5.22. The maximum Gasteiger partial charge on any atom is 0.306 e. The Hall–Kier alpha value is -0.870. The molecular weight excluding hydrogens is 296 g/mol. The molecule has 1 aromatic rings. The highest BCUT2D eigenvalue weighted by Crippen LogP contribution is 2.51. The molecule has 0 saturated heterocycles. The number of methoxy groups -OCH3 is 2. The summed E-state index contributed by atoms with van der Waals surface area (Å²) in [5, 5.41) is 0.720. The van der Waals surface area contributed by atoms with Gasteiger partial charge < -0.3 is 9.47 Å². The lowest BCUT2D eigenvalue weighted by Crippen LogP contribution is -2.13. The van der Waals surface area contributed by atoms with Crippen molar-refractivity contribution < 1.29 is 14.3 Å². The van der Waals surface area contributed by atoms with Gasteiger partial charge in [0.25, 0.3) is 0 Å². The number of benzene rings is 1. The standard InChI is InChI=1S/C15H19ClO3S/c1-18-13-4-3-12(16)7-11(13)9-20-10-15(5-6-15)8-14(17)19-2/h3-4,7H,5-6,8-10H2,1-2H3. The van der Waals surface area contributed by atoms with Crippen LogP contribution in [-0.4, -0.2) is 25.9 Å². The van der Waals surface area contributed by atoms with E-state index in [2.05, 4.69) is 0 Å². The number of carbonyl (C=O) groups excluding carboxylic acids is 1. The van der Waals surface area contributed by atoms with E-state index in [1.807, 2.05) is 30.0 Å². The van der Waals surface area contributed by atoms with E-state index in [-0.39, 0.29) is 11.4 Å². The molecule has 0 bridgehead atoms. The average Bonchev–Trinajstić information content (AvgIpc) is 3.18. The quantitative estimate of drug-likeness (QED) is 0.714. The first-order chi connectivity index (χ1) is 9.58. The first-order valence-electron chi connectivity index (χ1n) is 6.55. The van der Waals surface area contributed by atoms with Gasteiger partial charge in [-0.25, -0.2) is 0 Å². The summed E-state index contributed by atoms with van der Waals surface area (Å²) in [5.74, 6) is 2.56. The zero-order chi connectivity index (χ0) is 14.6. The first kappa shape index (κ1) is 15.5. The molecule has 3 nitrogen and oxygen atoms in total. The van der Waals surface area contributed by atoms with E-state index < -0.39 is 0 Å². The predicted molar refractivity (Wildman–Crippen MR) is 82.5 cm³/mol. The third kappa shape index (κ3) is 4.06. The van der Waals surface area contributed by atoms with Crippen LogP contribution in [0.4, 0.5) is 0 Å². The Balaban J connectivity index is 1.87. The average molecular weight is 315 g/mol. The smallest absolute Gasteiger partial charge is 0.306 e. The SMILES string of the molecule is COC(=O)CC1(CSCc2cc(Cl)ccc2OC)CC1. The summed E-state index contributed by atoms with van der Waals surface area (Å²) < 4.78 is 10.1. The van der Waals surface area contributed by atoms with E-state index in [0.717, 1.165) is 40.7 Å². The van der Waals surface area contributed by atoms with E-state index in [9.17, 15) is 4.79 Å². The maximum absolute atomic E-state index is 11.4. The number of halogens is 1. The normalized spacial score (nSPS) is 15.8. The van der Waals surface area contributed by atoms with Gasteiger partial charge in [-0.3, -0.25) is 4.79 Å². The van der Waals surface area contributed by atoms with Gasteiger partial charge in [0.05, 0.1) is 20.6 Å². The van der Waals surface area contributed by atoms with E-state index in [1.54, 1.807) is 7.11 Å². The molecule has 0 heterocycles. The minimum Gasteiger partial charge on any atom is -0.496 e. The van der Waals surface area contributed by atoms with Crippen LogP contribution in [0, 0.1) is 5.41 Å². The molecule has 0 spiro atoms. The topological polar surface area (TPSA) is 35.5 Å². The molecule has 0 aromatic heterocycles. The van der Waals surface area contributed by atoms with Crippen LogP contribution in [0.5, 0.6) is 5.75 Å². The number of esters is 1. The molecule has 0 unspecified atom stereocenters. The van der Waals surface area contributed by atoms with Gasteiger partial charge in [-0.1, -0.05) is 11.6 Å². The molecular formula is C15H19ClO3S. The molecule has 0 atom stereocenters. The van der Waals surface area contributed by atoms with Crippen molar-refractivity contribution >= 4 is 29.3 Å². The highest BCUT2D eigenvalue weighted by molar-refractivity contribution is 7.98. The Bertz CT molecular complexity index is 486. The lowest BCUT2D eigenvalue weighted by Gasteiger charge is -2.14. The van der Waals surface area contributed by atoms with Crippen molar-refractivity contribution in [3.05, 3.63) is 28.8 Å². The molecule has 0 N–H and O–H groups in total. The van der Waals surface area contributed by atoms with Gasteiger partial charge in [0.1, 0.15) is 5.75 Å².